The minimum atomic E-state index is -0.118. The maximum atomic E-state index is 13.2. The van der Waals surface area contributed by atoms with Crippen LogP contribution in [-0.4, -0.2) is 30.2 Å². The number of nitrogens with zero attached hydrogens (tertiary/aromatic N) is 5. The van der Waals surface area contributed by atoms with Crippen molar-refractivity contribution in [3.8, 4) is 0 Å². The topological polar surface area (TPSA) is 63.4 Å². The van der Waals surface area contributed by atoms with Crippen LogP contribution >= 0.6 is 11.3 Å². The Morgan fingerprint density at radius 1 is 1.15 bits per heavy atom. The van der Waals surface area contributed by atoms with Crippen molar-refractivity contribution in [2.75, 3.05) is 0 Å². The number of aryl methyl sites for hydroxylation is 1. The van der Waals surface area contributed by atoms with Crippen molar-refractivity contribution in [2.45, 2.75) is 20.0 Å². The van der Waals surface area contributed by atoms with Crippen molar-refractivity contribution >= 4 is 23.0 Å². The molecule has 0 unspecified atom stereocenters. The Hall–Kier alpha value is -3.06. The normalized spacial score (nSPS) is 11.0. The molecule has 0 radical (unpaired) electrons. The SMILES string of the molecule is Cc1ncsc1CN(Cc1ccccc1)C(=O)c1cn2cccnc2n1. The highest BCUT2D eigenvalue weighted by molar-refractivity contribution is 7.09. The van der Waals surface area contributed by atoms with E-state index >= 15 is 0 Å². The third kappa shape index (κ3) is 3.34. The maximum absolute atomic E-state index is 13.2. The zero-order chi connectivity index (χ0) is 17.9. The number of rotatable bonds is 5. The number of carbonyl (C=O) groups excluding carboxylic acids is 1. The molecule has 3 aromatic heterocycles. The van der Waals surface area contributed by atoms with Crippen molar-refractivity contribution < 1.29 is 4.79 Å². The van der Waals surface area contributed by atoms with E-state index in [2.05, 4.69) is 15.0 Å². The lowest BCUT2D eigenvalue weighted by Crippen LogP contribution is -2.30. The fourth-order valence-corrected chi connectivity index (χ4v) is 3.54. The van der Waals surface area contributed by atoms with Gasteiger partial charge < -0.3 is 4.90 Å². The molecule has 0 atom stereocenters. The minimum absolute atomic E-state index is 0.118. The second-order valence-corrected chi connectivity index (χ2v) is 6.90. The molecule has 1 amide bonds. The molecule has 4 aromatic rings. The van der Waals surface area contributed by atoms with Gasteiger partial charge in [-0.15, -0.1) is 11.3 Å². The van der Waals surface area contributed by atoms with Crippen LogP contribution in [0.4, 0.5) is 0 Å². The monoisotopic (exact) mass is 363 g/mol. The lowest BCUT2D eigenvalue weighted by molar-refractivity contribution is 0.0726. The molecule has 130 valence electrons. The van der Waals surface area contributed by atoms with Crippen LogP contribution in [0.2, 0.25) is 0 Å². The lowest BCUT2D eigenvalue weighted by Gasteiger charge is -2.21. The molecular formula is C19H17N5OS. The Morgan fingerprint density at radius 3 is 2.73 bits per heavy atom. The number of fused-ring (bicyclic) bond motifs is 1. The van der Waals surface area contributed by atoms with Crippen molar-refractivity contribution in [1.82, 2.24) is 24.3 Å². The Morgan fingerprint density at radius 2 is 2.00 bits per heavy atom. The van der Waals surface area contributed by atoms with E-state index in [1.165, 1.54) is 0 Å². The number of aromatic nitrogens is 4. The number of benzene rings is 1. The molecule has 0 aliphatic heterocycles. The van der Waals surface area contributed by atoms with E-state index in [-0.39, 0.29) is 5.91 Å². The van der Waals surface area contributed by atoms with Crippen molar-refractivity contribution in [3.63, 3.8) is 0 Å². The number of hydrogen-bond acceptors (Lipinski definition) is 5. The lowest BCUT2D eigenvalue weighted by atomic mass is 10.2. The number of amides is 1. The highest BCUT2D eigenvalue weighted by Crippen LogP contribution is 2.19. The highest BCUT2D eigenvalue weighted by atomic mass is 32.1. The van der Waals surface area contributed by atoms with Gasteiger partial charge in [0, 0.05) is 30.0 Å². The summed E-state index contributed by atoms with van der Waals surface area (Å²) in [5.41, 5.74) is 4.23. The van der Waals surface area contributed by atoms with E-state index in [1.807, 2.05) is 55.0 Å². The van der Waals surface area contributed by atoms with Gasteiger partial charge in [0.2, 0.25) is 5.78 Å². The van der Waals surface area contributed by atoms with Crippen molar-refractivity contribution in [1.29, 1.82) is 0 Å². The predicted octanol–water partition coefficient (Wildman–Crippen LogP) is 3.34. The average molecular weight is 363 g/mol. The smallest absolute Gasteiger partial charge is 0.274 e. The van der Waals surface area contributed by atoms with Gasteiger partial charge in [-0.3, -0.25) is 9.20 Å². The quantitative estimate of drug-likeness (QED) is 0.546. The number of thiazole rings is 1. The summed E-state index contributed by atoms with van der Waals surface area (Å²) in [7, 11) is 0. The van der Waals surface area contributed by atoms with Gasteiger partial charge in [0.05, 0.1) is 17.7 Å². The molecule has 0 aliphatic carbocycles. The van der Waals surface area contributed by atoms with E-state index in [0.29, 0.717) is 24.6 Å². The summed E-state index contributed by atoms with van der Waals surface area (Å²) >= 11 is 1.56. The van der Waals surface area contributed by atoms with Crippen LogP contribution in [0.15, 0.2) is 60.5 Å². The van der Waals surface area contributed by atoms with E-state index in [9.17, 15) is 4.79 Å². The first kappa shape index (κ1) is 16.4. The highest BCUT2D eigenvalue weighted by Gasteiger charge is 2.21. The Labute approximate surface area is 154 Å². The van der Waals surface area contributed by atoms with Gasteiger partial charge in [-0.2, -0.15) is 0 Å². The zero-order valence-corrected chi connectivity index (χ0v) is 15.1. The van der Waals surface area contributed by atoms with Crippen LogP contribution in [-0.2, 0) is 13.1 Å². The Balaban J connectivity index is 1.66. The van der Waals surface area contributed by atoms with Crippen LogP contribution in [0.3, 0.4) is 0 Å². The van der Waals surface area contributed by atoms with Gasteiger partial charge in [-0.05, 0) is 18.6 Å². The first-order valence-corrected chi connectivity index (χ1v) is 9.10. The van der Waals surface area contributed by atoms with E-state index in [4.69, 9.17) is 0 Å². The molecule has 4 rings (SSSR count). The summed E-state index contributed by atoms with van der Waals surface area (Å²) in [6.45, 7) is 2.98. The molecule has 0 spiro atoms. The van der Waals surface area contributed by atoms with E-state index in [1.54, 1.807) is 33.0 Å². The summed E-state index contributed by atoms with van der Waals surface area (Å²) < 4.78 is 1.76. The minimum Gasteiger partial charge on any atom is -0.328 e. The molecule has 1 aromatic carbocycles. The van der Waals surface area contributed by atoms with Gasteiger partial charge in [-0.25, -0.2) is 15.0 Å². The van der Waals surface area contributed by atoms with Gasteiger partial charge >= 0.3 is 0 Å². The number of hydrogen-bond donors (Lipinski definition) is 0. The first-order valence-electron chi connectivity index (χ1n) is 8.22. The molecule has 0 saturated heterocycles. The summed E-state index contributed by atoms with van der Waals surface area (Å²) in [6.07, 6.45) is 5.22. The molecule has 7 heteroatoms. The first-order chi connectivity index (χ1) is 12.7. The van der Waals surface area contributed by atoms with Crippen molar-refractivity contribution in [2.24, 2.45) is 0 Å². The second kappa shape index (κ2) is 7.05. The molecule has 0 saturated carbocycles. The molecular weight excluding hydrogens is 346 g/mol. The van der Waals surface area contributed by atoms with E-state index < -0.39 is 0 Å². The summed E-state index contributed by atoms with van der Waals surface area (Å²) in [6, 6.07) is 11.8. The molecule has 3 heterocycles. The largest absolute Gasteiger partial charge is 0.328 e. The maximum Gasteiger partial charge on any atom is 0.274 e. The van der Waals surface area contributed by atoms with Gasteiger partial charge in [-0.1, -0.05) is 30.3 Å². The molecule has 0 N–H and O–H groups in total. The van der Waals surface area contributed by atoms with Crippen LogP contribution in [0.25, 0.3) is 5.78 Å². The summed E-state index contributed by atoms with van der Waals surface area (Å²) in [5, 5.41) is 0. The Kier molecular flexibility index (Phi) is 4.45. The molecule has 26 heavy (non-hydrogen) atoms. The Bertz CT molecular complexity index is 1010. The molecule has 0 bridgehead atoms. The molecule has 0 fully saturated rings. The summed E-state index contributed by atoms with van der Waals surface area (Å²) in [4.78, 5) is 28.9. The standard InChI is InChI=1S/C19H17N5OS/c1-14-17(26-13-21-14)12-24(10-15-6-3-2-4-7-15)18(25)16-11-23-9-5-8-20-19(23)22-16/h2-9,11,13H,10,12H2,1H3. The van der Waals surface area contributed by atoms with Crippen LogP contribution in [0.1, 0.15) is 26.6 Å². The second-order valence-electron chi connectivity index (χ2n) is 5.96. The average Bonchev–Trinajstić information content (AvgIpc) is 3.27. The third-order valence-corrected chi connectivity index (χ3v) is 5.06. The summed E-state index contributed by atoms with van der Waals surface area (Å²) in [5.74, 6) is 0.400. The van der Waals surface area contributed by atoms with Crippen molar-refractivity contribution in [3.05, 3.63) is 82.3 Å². The fourth-order valence-electron chi connectivity index (χ4n) is 2.75. The fraction of sp³-hybridized carbons (Fsp3) is 0.158. The van der Waals surface area contributed by atoms with Gasteiger partial charge in [0.1, 0.15) is 5.69 Å². The number of imidazole rings is 1. The van der Waals surface area contributed by atoms with Gasteiger partial charge in [0.25, 0.3) is 5.91 Å². The molecule has 0 aliphatic rings. The van der Waals surface area contributed by atoms with Crippen LogP contribution < -0.4 is 0 Å². The third-order valence-electron chi connectivity index (χ3n) is 4.14. The zero-order valence-electron chi connectivity index (χ0n) is 14.2. The predicted molar refractivity (Wildman–Crippen MR) is 99.9 cm³/mol. The number of carbonyl (C=O) groups is 1. The van der Waals surface area contributed by atoms with E-state index in [0.717, 1.165) is 16.1 Å². The molecule has 6 nitrogen and oxygen atoms in total. The van der Waals surface area contributed by atoms with Gasteiger partial charge in [0.15, 0.2) is 0 Å². The van der Waals surface area contributed by atoms with Crippen LogP contribution in [0.5, 0.6) is 0 Å². The van der Waals surface area contributed by atoms with Crippen LogP contribution in [0, 0.1) is 6.92 Å².